The number of nitro benzene ring substituents is 1. The zero-order chi connectivity index (χ0) is 15.4. The van der Waals surface area contributed by atoms with E-state index in [-0.39, 0.29) is 18.0 Å². The van der Waals surface area contributed by atoms with Crippen LogP contribution in [0.4, 0.5) is 5.69 Å². The van der Waals surface area contributed by atoms with Crippen LogP contribution >= 0.6 is 0 Å². The van der Waals surface area contributed by atoms with Gasteiger partial charge >= 0.3 is 0 Å². The number of hydrogen-bond acceptors (Lipinski definition) is 4. The molecule has 0 radical (unpaired) electrons. The quantitative estimate of drug-likeness (QED) is 0.465. The molecule has 0 aliphatic heterocycles. The second-order valence-electron chi connectivity index (χ2n) is 4.72. The molecule has 0 bridgehead atoms. The van der Waals surface area contributed by atoms with Crippen molar-refractivity contribution in [1.82, 2.24) is 9.78 Å². The van der Waals surface area contributed by atoms with E-state index >= 15 is 0 Å². The summed E-state index contributed by atoms with van der Waals surface area (Å²) in [7, 11) is 0. The Morgan fingerprint density at radius 3 is 2.67 bits per heavy atom. The number of carbonyl (C=O) groups is 1. The SMILES string of the molecule is CCc1cc(CC)n(CC(=O)c2cccc([N+](=O)[O-])c2)n1. The molecule has 110 valence electrons. The summed E-state index contributed by atoms with van der Waals surface area (Å²) in [4.78, 5) is 22.5. The molecule has 0 fully saturated rings. The molecule has 1 heterocycles. The molecule has 1 aromatic heterocycles. The van der Waals surface area contributed by atoms with Crippen molar-refractivity contribution < 1.29 is 9.72 Å². The minimum Gasteiger partial charge on any atom is -0.292 e. The van der Waals surface area contributed by atoms with Crippen LogP contribution in [0.1, 0.15) is 35.6 Å². The summed E-state index contributed by atoms with van der Waals surface area (Å²) in [6.07, 6.45) is 1.60. The Bertz CT molecular complexity index is 677. The summed E-state index contributed by atoms with van der Waals surface area (Å²) in [5, 5.41) is 15.1. The average molecular weight is 287 g/mol. The smallest absolute Gasteiger partial charge is 0.270 e. The molecule has 0 aliphatic carbocycles. The largest absolute Gasteiger partial charge is 0.292 e. The number of aromatic nitrogens is 2. The third-order valence-electron chi connectivity index (χ3n) is 3.31. The Morgan fingerprint density at radius 1 is 1.29 bits per heavy atom. The molecule has 21 heavy (non-hydrogen) atoms. The third kappa shape index (κ3) is 3.34. The molecule has 0 atom stereocenters. The highest BCUT2D eigenvalue weighted by molar-refractivity contribution is 5.96. The fraction of sp³-hybridized carbons (Fsp3) is 0.333. The third-order valence-corrected chi connectivity index (χ3v) is 3.31. The van der Waals surface area contributed by atoms with E-state index in [4.69, 9.17) is 0 Å². The number of carbonyl (C=O) groups excluding carboxylic acids is 1. The van der Waals surface area contributed by atoms with Crippen molar-refractivity contribution in [3.8, 4) is 0 Å². The van der Waals surface area contributed by atoms with Gasteiger partial charge in [0.2, 0.25) is 0 Å². The standard InChI is InChI=1S/C15H17N3O3/c1-3-12-9-13(4-2)17(16-12)10-15(19)11-6-5-7-14(8-11)18(20)21/h5-9H,3-4,10H2,1-2H3. The van der Waals surface area contributed by atoms with Gasteiger partial charge in [-0.1, -0.05) is 26.0 Å². The van der Waals surface area contributed by atoms with E-state index < -0.39 is 4.92 Å². The summed E-state index contributed by atoms with van der Waals surface area (Å²) < 4.78 is 1.68. The van der Waals surface area contributed by atoms with Gasteiger partial charge in [0.05, 0.1) is 10.6 Å². The van der Waals surface area contributed by atoms with Crippen molar-refractivity contribution in [2.45, 2.75) is 33.2 Å². The molecule has 0 saturated carbocycles. The van der Waals surface area contributed by atoms with Crippen molar-refractivity contribution in [1.29, 1.82) is 0 Å². The van der Waals surface area contributed by atoms with Gasteiger partial charge in [-0.2, -0.15) is 5.10 Å². The minimum atomic E-state index is -0.503. The Balaban J connectivity index is 2.23. The van der Waals surface area contributed by atoms with Crippen LogP contribution in [-0.4, -0.2) is 20.5 Å². The topological polar surface area (TPSA) is 78.0 Å². The highest BCUT2D eigenvalue weighted by Crippen LogP contribution is 2.15. The van der Waals surface area contributed by atoms with E-state index in [0.29, 0.717) is 5.56 Å². The Morgan fingerprint density at radius 2 is 2.05 bits per heavy atom. The second kappa shape index (κ2) is 6.30. The first-order valence-corrected chi connectivity index (χ1v) is 6.88. The Kier molecular flexibility index (Phi) is 4.47. The lowest BCUT2D eigenvalue weighted by atomic mass is 10.1. The molecular weight excluding hydrogens is 270 g/mol. The van der Waals surface area contributed by atoms with Crippen LogP contribution in [0.25, 0.3) is 0 Å². The summed E-state index contributed by atoms with van der Waals surface area (Å²) in [6, 6.07) is 7.77. The summed E-state index contributed by atoms with van der Waals surface area (Å²) in [5.41, 5.74) is 2.19. The molecule has 0 N–H and O–H groups in total. The zero-order valence-corrected chi connectivity index (χ0v) is 12.1. The molecule has 6 nitrogen and oxygen atoms in total. The number of nitro groups is 1. The zero-order valence-electron chi connectivity index (χ0n) is 12.1. The van der Waals surface area contributed by atoms with Crippen LogP contribution in [0, 0.1) is 10.1 Å². The number of non-ortho nitro benzene ring substituents is 1. The lowest BCUT2D eigenvalue weighted by molar-refractivity contribution is -0.384. The molecule has 0 amide bonds. The van der Waals surface area contributed by atoms with Crippen molar-refractivity contribution in [3.05, 3.63) is 57.4 Å². The molecule has 0 aliphatic rings. The van der Waals surface area contributed by atoms with Crippen molar-refractivity contribution in [3.63, 3.8) is 0 Å². The maximum atomic E-state index is 12.3. The van der Waals surface area contributed by atoms with Gasteiger partial charge in [0.15, 0.2) is 5.78 Å². The molecule has 1 aromatic carbocycles. The monoisotopic (exact) mass is 287 g/mol. The van der Waals surface area contributed by atoms with Gasteiger partial charge in [-0.25, -0.2) is 0 Å². The van der Waals surface area contributed by atoms with E-state index in [1.807, 2.05) is 19.9 Å². The van der Waals surface area contributed by atoms with E-state index in [0.717, 1.165) is 24.2 Å². The molecule has 2 aromatic rings. The molecule has 6 heteroatoms. The maximum Gasteiger partial charge on any atom is 0.270 e. The van der Waals surface area contributed by atoms with E-state index in [9.17, 15) is 14.9 Å². The number of Topliss-reactive ketones (excluding diaryl/α,β-unsaturated/α-hetero) is 1. The van der Waals surface area contributed by atoms with Gasteiger partial charge in [0.1, 0.15) is 6.54 Å². The van der Waals surface area contributed by atoms with Crippen LogP contribution in [0.5, 0.6) is 0 Å². The predicted octanol–water partition coefficient (Wildman–Crippen LogP) is 2.80. The molecule has 0 spiro atoms. The van der Waals surface area contributed by atoms with Gasteiger partial charge in [-0.05, 0) is 18.9 Å². The van der Waals surface area contributed by atoms with Gasteiger partial charge in [0.25, 0.3) is 5.69 Å². The Labute approximate surface area is 122 Å². The summed E-state index contributed by atoms with van der Waals surface area (Å²) >= 11 is 0. The Hall–Kier alpha value is -2.50. The number of hydrogen-bond donors (Lipinski definition) is 0. The molecular formula is C15H17N3O3. The number of aryl methyl sites for hydroxylation is 2. The average Bonchev–Trinajstić information content (AvgIpc) is 2.89. The van der Waals surface area contributed by atoms with E-state index in [2.05, 4.69) is 5.10 Å². The van der Waals surface area contributed by atoms with Crippen LogP contribution < -0.4 is 0 Å². The predicted molar refractivity (Wildman–Crippen MR) is 78.4 cm³/mol. The van der Waals surface area contributed by atoms with Gasteiger partial charge in [-0.3, -0.25) is 19.6 Å². The van der Waals surface area contributed by atoms with Crippen LogP contribution in [0.15, 0.2) is 30.3 Å². The van der Waals surface area contributed by atoms with E-state index in [1.54, 1.807) is 10.7 Å². The first kappa shape index (κ1) is 14.9. The van der Waals surface area contributed by atoms with E-state index in [1.165, 1.54) is 18.2 Å². The first-order valence-electron chi connectivity index (χ1n) is 6.88. The van der Waals surface area contributed by atoms with Gasteiger partial charge in [-0.15, -0.1) is 0 Å². The number of rotatable bonds is 6. The minimum absolute atomic E-state index is 0.0775. The van der Waals surface area contributed by atoms with Gasteiger partial charge in [0, 0.05) is 23.4 Å². The molecule has 0 unspecified atom stereocenters. The molecule has 0 saturated heterocycles. The summed E-state index contributed by atoms with van der Waals surface area (Å²) in [6.45, 7) is 4.11. The second-order valence-corrected chi connectivity index (χ2v) is 4.72. The lowest BCUT2D eigenvalue weighted by Gasteiger charge is -2.05. The number of nitrogens with zero attached hydrogens (tertiary/aromatic N) is 3. The van der Waals surface area contributed by atoms with Crippen molar-refractivity contribution in [2.75, 3.05) is 0 Å². The number of ketones is 1. The van der Waals surface area contributed by atoms with Crippen LogP contribution in [-0.2, 0) is 19.4 Å². The first-order chi connectivity index (χ1) is 10.0. The molecule has 2 rings (SSSR count). The van der Waals surface area contributed by atoms with Crippen LogP contribution in [0.2, 0.25) is 0 Å². The summed E-state index contributed by atoms with van der Waals surface area (Å²) in [5.74, 6) is -0.181. The fourth-order valence-corrected chi connectivity index (χ4v) is 2.13. The fourth-order valence-electron chi connectivity index (χ4n) is 2.13. The highest BCUT2D eigenvalue weighted by atomic mass is 16.6. The van der Waals surface area contributed by atoms with Crippen LogP contribution in [0.3, 0.4) is 0 Å². The van der Waals surface area contributed by atoms with Gasteiger partial charge < -0.3 is 0 Å². The van der Waals surface area contributed by atoms with Crippen molar-refractivity contribution >= 4 is 11.5 Å². The highest BCUT2D eigenvalue weighted by Gasteiger charge is 2.14. The maximum absolute atomic E-state index is 12.3. The van der Waals surface area contributed by atoms with Crippen molar-refractivity contribution in [2.24, 2.45) is 0 Å². The number of benzene rings is 1. The lowest BCUT2D eigenvalue weighted by Crippen LogP contribution is -2.14. The normalized spacial score (nSPS) is 10.6.